The molecule has 3 N–H and O–H groups in total. The number of carbonyl (C=O) groups is 1. The molecule has 0 atom stereocenters. The van der Waals surface area contributed by atoms with Crippen molar-refractivity contribution in [2.24, 2.45) is 0 Å². The van der Waals surface area contributed by atoms with Crippen molar-refractivity contribution < 1.29 is 18.0 Å². The zero-order valence-corrected chi connectivity index (χ0v) is 13.7. The van der Waals surface area contributed by atoms with Crippen molar-refractivity contribution in [2.75, 3.05) is 11.9 Å². The Morgan fingerprint density at radius 3 is 2.79 bits per heavy atom. The Bertz CT molecular complexity index is 761. The van der Waals surface area contributed by atoms with Gasteiger partial charge in [0.15, 0.2) is 5.69 Å². The molecule has 1 amide bonds. The van der Waals surface area contributed by atoms with Gasteiger partial charge in [0.05, 0.1) is 10.6 Å². The van der Waals surface area contributed by atoms with Crippen LogP contribution in [0.15, 0.2) is 18.2 Å². The number of fused-ring (bicyclic) bond motifs is 1. The number of rotatable bonds is 2. The third kappa shape index (κ3) is 3.66. The zero-order valence-electron chi connectivity index (χ0n) is 12.1. The summed E-state index contributed by atoms with van der Waals surface area (Å²) in [4.78, 5) is 12.3. The Morgan fingerprint density at radius 2 is 2.08 bits per heavy atom. The van der Waals surface area contributed by atoms with E-state index >= 15 is 0 Å². The first-order valence-corrected chi connectivity index (χ1v) is 7.19. The van der Waals surface area contributed by atoms with Crippen molar-refractivity contribution in [1.82, 2.24) is 15.5 Å². The van der Waals surface area contributed by atoms with E-state index in [1.165, 1.54) is 6.07 Å². The second-order valence-corrected chi connectivity index (χ2v) is 5.51. The van der Waals surface area contributed by atoms with Crippen molar-refractivity contribution in [3.05, 3.63) is 45.7 Å². The van der Waals surface area contributed by atoms with Gasteiger partial charge in [0.25, 0.3) is 5.91 Å². The number of aromatic nitrogens is 2. The third-order valence-corrected chi connectivity index (χ3v) is 3.88. The zero-order chi connectivity index (χ0) is 16.6. The molecule has 0 saturated carbocycles. The average molecular weight is 381 g/mol. The first-order valence-electron chi connectivity index (χ1n) is 6.81. The lowest BCUT2D eigenvalue weighted by Gasteiger charge is -2.14. The van der Waals surface area contributed by atoms with Gasteiger partial charge in [-0.15, -0.1) is 12.4 Å². The Balaban J connectivity index is 0.00000208. The SMILES string of the molecule is Cl.O=C(Nc1ccc(Cl)c(C(F)(F)F)c1)c1n[nH]c2c1CNCC2. The van der Waals surface area contributed by atoms with Crippen LogP contribution in [0.3, 0.4) is 0 Å². The number of H-pyrrole nitrogens is 1. The van der Waals surface area contributed by atoms with E-state index in [9.17, 15) is 18.0 Å². The molecule has 0 fully saturated rings. The van der Waals surface area contributed by atoms with Crippen molar-refractivity contribution >= 4 is 35.6 Å². The van der Waals surface area contributed by atoms with E-state index in [0.717, 1.165) is 36.4 Å². The van der Waals surface area contributed by atoms with E-state index < -0.39 is 22.7 Å². The molecule has 1 aliphatic rings. The largest absolute Gasteiger partial charge is 0.417 e. The summed E-state index contributed by atoms with van der Waals surface area (Å²) in [6.45, 7) is 1.27. The molecule has 2 aromatic rings. The minimum absolute atomic E-state index is 0. The first-order chi connectivity index (χ1) is 10.9. The Labute approximate surface area is 146 Å². The number of halogens is 5. The van der Waals surface area contributed by atoms with Gasteiger partial charge in [-0.05, 0) is 18.2 Å². The number of hydrogen-bond donors (Lipinski definition) is 3. The predicted molar refractivity (Wildman–Crippen MR) is 85.7 cm³/mol. The fraction of sp³-hybridized carbons (Fsp3) is 0.286. The summed E-state index contributed by atoms with van der Waals surface area (Å²) in [5.74, 6) is -0.568. The highest BCUT2D eigenvalue weighted by Gasteiger charge is 2.33. The predicted octanol–water partition coefficient (Wildman–Crippen LogP) is 3.40. The molecule has 0 unspecified atom stereocenters. The fourth-order valence-electron chi connectivity index (χ4n) is 2.42. The molecular formula is C14H13Cl2F3N4O. The minimum Gasteiger partial charge on any atom is -0.321 e. The van der Waals surface area contributed by atoms with Gasteiger partial charge in [0, 0.05) is 36.5 Å². The van der Waals surface area contributed by atoms with E-state index in [0.29, 0.717) is 6.54 Å². The number of aromatic amines is 1. The first kappa shape index (κ1) is 18.6. The molecule has 3 rings (SSSR count). The Hall–Kier alpha value is -1.77. The highest BCUT2D eigenvalue weighted by atomic mass is 35.5. The van der Waals surface area contributed by atoms with Gasteiger partial charge in [-0.3, -0.25) is 9.89 Å². The molecule has 24 heavy (non-hydrogen) atoms. The van der Waals surface area contributed by atoms with E-state index in [2.05, 4.69) is 20.8 Å². The standard InChI is InChI=1S/C14H12ClF3N4O.ClH/c15-10-2-1-7(5-9(10)14(16,17)18)20-13(23)12-8-6-19-4-3-11(8)21-22-12;/h1-2,5,19H,3-4,6H2,(H,20,23)(H,21,22);1H. The molecule has 1 aliphatic heterocycles. The van der Waals surface area contributed by atoms with Crippen LogP contribution in [0, 0.1) is 0 Å². The fourth-order valence-corrected chi connectivity index (χ4v) is 2.65. The summed E-state index contributed by atoms with van der Waals surface area (Å²) in [5.41, 5.74) is 0.783. The lowest BCUT2D eigenvalue weighted by atomic mass is 10.1. The van der Waals surface area contributed by atoms with Crippen LogP contribution in [-0.4, -0.2) is 22.6 Å². The summed E-state index contributed by atoms with van der Waals surface area (Å²) in [5, 5.41) is 11.9. The van der Waals surface area contributed by atoms with Crippen LogP contribution in [0.5, 0.6) is 0 Å². The van der Waals surface area contributed by atoms with E-state index in [-0.39, 0.29) is 23.8 Å². The van der Waals surface area contributed by atoms with Crippen LogP contribution in [0.1, 0.15) is 27.3 Å². The van der Waals surface area contributed by atoms with Gasteiger partial charge < -0.3 is 10.6 Å². The van der Waals surface area contributed by atoms with E-state index in [1.807, 2.05) is 0 Å². The molecule has 0 bridgehead atoms. The number of amides is 1. The molecule has 2 heterocycles. The Morgan fingerprint density at radius 1 is 1.33 bits per heavy atom. The molecule has 5 nitrogen and oxygen atoms in total. The van der Waals surface area contributed by atoms with E-state index in [4.69, 9.17) is 11.6 Å². The third-order valence-electron chi connectivity index (χ3n) is 3.55. The van der Waals surface area contributed by atoms with Crippen LogP contribution in [0.2, 0.25) is 5.02 Å². The number of hydrogen-bond acceptors (Lipinski definition) is 3. The summed E-state index contributed by atoms with van der Waals surface area (Å²) < 4.78 is 38.5. The molecule has 0 aliphatic carbocycles. The number of nitrogens with one attached hydrogen (secondary N) is 3. The van der Waals surface area contributed by atoms with Crippen molar-refractivity contribution in [1.29, 1.82) is 0 Å². The quantitative estimate of drug-likeness (QED) is 0.747. The molecule has 0 radical (unpaired) electrons. The lowest BCUT2D eigenvalue weighted by molar-refractivity contribution is -0.137. The maximum atomic E-state index is 12.8. The number of nitrogens with zero attached hydrogens (tertiary/aromatic N) is 1. The summed E-state index contributed by atoms with van der Waals surface area (Å²) >= 11 is 5.55. The van der Waals surface area contributed by atoms with Gasteiger partial charge in [0.1, 0.15) is 0 Å². The van der Waals surface area contributed by atoms with Crippen molar-refractivity contribution in [2.45, 2.75) is 19.1 Å². The minimum atomic E-state index is -4.59. The average Bonchev–Trinajstić information content (AvgIpc) is 2.92. The van der Waals surface area contributed by atoms with Crippen LogP contribution in [0.25, 0.3) is 0 Å². The number of alkyl halides is 3. The van der Waals surface area contributed by atoms with Crippen molar-refractivity contribution in [3.63, 3.8) is 0 Å². The van der Waals surface area contributed by atoms with Gasteiger partial charge >= 0.3 is 6.18 Å². The van der Waals surface area contributed by atoms with E-state index in [1.54, 1.807) is 0 Å². The second-order valence-electron chi connectivity index (χ2n) is 5.10. The maximum absolute atomic E-state index is 12.8. The molecule has 1 aromatic heterocycles. The number of carbonyl (C=O) groups excluding carboxylic acids is 1. The monoisotopic (exact) mass is 380 g/mol. The highest BCUT2D eigenvalue weighted by Crippen LogP contribution is 2.36. The van der Waals surface area contributed by atoms with Gasteiger partial charge in [-0.2, -0.15) is 18.3 Å². The van der Waals surface area contributed by atoms with Crippen LogP contribution in [-0.2, 0) is 19.1 Å². The maximum Gasteiger partial charge on any atom is 0.417 e. The summed E-state index contributed by atoms with van der Waals surface area (Å²) in [6, 6.07) is 3.21. The number of anilines is 1. The molecule has 0 spiro atoms. The second kappa shape index (κ2) is 7.00. The van der Waals surface area contributed by atoms with Gasteiger partial charge in [-0.1, -0.05) is 11.6 Å². The topological polar surface area (TPSA) is 69.8 Å². The van der Waals surface area contributed by atoms with Crippen molar-refractivity contribution in [3.8, 4) is 0 Å². The summed E-state index contributed by atoms with van der Waals surface area (Å²) in [6.07, 6.45) is -3.87. The molecule has 130 valence electrons. The summed E-state index contributed by atoms with van der Waals surface area (Å²) in [7, 11) is 0. The van der Waals surface area contributed by atoms with Crippen LogP contribution < -0.4 is 10.6 Å². The van der Waals surface area contributed by atoms with Gasteiger partial charge in [-0.25, -0.2) is 0 Å². The molecule has 0 saturated heterocycles. The lowest BCUT2D eigenvalue weighted by Crippen LogP contribution is -2.25. The highest BCUT2D eigenvalue weighted by molar-refractivity contribution is 6.31. The van der Waals surface area contributed by atoms with Crippen LogP contribution in [0.4, 0.5) is 18.9 Å². The van der Waals surface area contributed by atoms with Gasteiger partial charge in [0.2, 0.25) is 0 Å². The molecular weight excluding hydrogens is 368 g/mol. The number of benzene rings is 1. The Kier molecular flexibility index (Phi) is 5.42. The molecule has 1 aromatic carbocycles. The van der Waals surface area contributed by atoms with Crippen LogP contribution >= 0.6 is 24.0 Å². The smallest absolute Gasteiger partial charge is 0.321 e. The molecule has 10 heteroatoms. The normalized spacial score (nSPS) is 13.8.